The number of hydrogen-bond donors (Lipinski definition) is 3. The fourth-order valence-corrected chi connectivity index (χ4v) is 2.60. The first kappa shape index (κ1) is 18.9. The van der Waals surface area contributed by atoms with Crippen molar-refractivity contribution in [2.24, 2.45) is 7.05 Å². The maximum absolute atomic E-state index is 12.3. The lowest BCUT2D eigenvalue weighted by atomic mass is 10.2. The van der Waals surface area contributed by atoms with Crippen molar-refractivity contribution in [1.82, 2.24) is 14.9 Å². The molecule has 25 heavy (non-hydrogen) atoms. The van der Waals surface area contributed by atoms with Crippen LogP contribution in [0.4, 0.5) is 11.4 Å². The molecule has 134 valence electrons. The molecule has 0 aliphatic carbocycles. The van der Waals surface area contributed by atoms with Crippen LogP contribution in [-0.4, -0.2) is 27.1 Å². The highest BCUT2D eigenvalue weighted by Crippen LogP contribution is 2.21. The van der Waals surface area contributed by atoms with Crippen molar-refractivity contribution in [2.75, 3.05) is 17.2 Å². The van der Waals surface area contributed by atoms with E-state index in [1.54, 1.807) is 24.0 Å². The number of amides is 1. The van der Waals surface area contributed by atoms with Crippen LogP contribution in [0.2, 0.25) is 0 Å². The Balaban J connectivity index is 1.92. The van der Waals surface area contributed by atoms with Gasteiger partial charge in [0.25, 0.3) is 5.91 Å². The van der Waals surface area contributed by atoms with Crippen LogP contribution >= 0.6 is 12.2 Å². The fraction of sp³-hybridized carbons (Fsp3) is 0.389. The van der Waals surface area contributed by atoms with Crippen molar-refractivity contribution in [3.05, 3.63) is 42.5 Å². The summed E-state index contributed by atoms with van der Waals surface area (Å²) in [5.74, 6) is 0.0895. The molecule has 0 unspecified atom stereocenters. The number of unbranched alkanes of at least 4 members (excludes halogenated alkanes) is 3. The van der Waals surface area contributed by atoms with E-state index in [1.807, 2.05) is 24.3 Å². The molecule has 2 rings (SSSR count). The van der Waals surface area contributed by atoms with Gasteiger partial charge in [-0.25, -0.2) is 4.98 Å². The van der Waals surface area contributed by atoms with E-state index in [0.29, 0.717) is 16.6 Å². The number of carbonyl (C=O) groups is 1. The van der Waals surface area contributed by atoms with E-state index < -0.39 is 0 Å². The van der Waals surface area contributed by atoms with Gasteiger partial charge in [-0.05, 0) is 30.8 Å². The second kappa shape index (κ2) is 9.78. The van der Waals surface area contributed by atoms with Crippen LogP contribution < -0.4 is 16.0 Å². The predicted octanol–water partition coefficient (Wildman–Crippen LogP) is 3.54. The van der Waals surface area contributed by atoms with Gasteiger partial charge in [-0.15, -0.1) is 0 Å². The third kappa shape index (κ3) is 5.86. The summed E-state index contributed by atoms with van der Waals surface area (Å²) in [6, 6.07) is 7.45. The van der Waals surface area contributed by atoms with Gasteiger partial charge in [0.15, 0.2) is 10.9 Å². The minimum Gasteiger partial charge on any atom is -0.362 e. The molecule has 0 radical (unpaired) electrons. The predicted molar refractivity (Wildman–Crippen MR) is 106 cm³/mol. The van der Waals surface area contributed by atoms with Gasteiger partial charge in [-0.3, -0.25) is 4.79 Å². The average Bonchev–Trinajstić information content (AvgIpc) is 3.02. The number of rotatable bonds is 8. The third-order valence-corrected chi connectivity index (χ3v) is 4.01. The van der Waals surface area contributed by atoms with Crippen LogP contribution in [-0.2, 0) is 7.05 Å². The topological polar surface area (TPSA) is 71.0 Å². The van der Waals surface area contributed by atoms with E-state index in [4.69, 9.17) is 12.2 Å². The summed E-state index contributed by atoms with van der Waals surface area (Å²) in [5, 5.41) is 9.77. The zero-order valence-electron chi connectivity index (χ0n) is 14.7. The summed E-state index contributed by atoms with van der Waals surface area (Å²) in [7, 11) is 1.78. The molecule has 0 bridgehead atoms. The van der Waals surface area contributed by atoms with E-state index in [-0.39, 0.29) is 5.91 Å². The number of hydrogen-bond acceptors (Lipinski definition) is 3. The van der Waals surface area contributed by atoms with Crippen molar-refractivity contribution in [2.45, 2.75) is 32.6 Å². The number of nitrogens with one attached hydrogen (secondary N) is 3. The molecule has 0 atom stereocenters. The molecule has 3 N–H and O–H groups in total. The zero-order valence-corrected chi connectivity index (χ0v) is 15.5. The van der Waals surface area contributed by atoms with Crippen molar-refractivity contribution < 1.29 is 4.79 Å². The highest BCUT2D eigenvalue weighted by molar-refractivity contribution is 7.80. The van der Waals surface area contributed by atoms with Gasteiger partial charge >= 0.3 is 0 Å². The molecular formula is C18H25N5OS. The van der Waals surface area contributed by atoms with Crippen LogP contribution in [0, 0.1) is 0 Å². The van der Waals surface area contributed by atoms with Gasteiger partial charge in [-0.2, -0.15) is 0 Å². The molecule has 7 heteroatoms. The zero-order chi connectivity index (χ0) is 18.1. The quantitative estimate of drug-likeness (QED) is 0.497. The molecule has 0 fully saturated rings. The van der Waals surface area contributed by atoms with Crippen LogP contribution in [0.1, 0.15) is 43.2 Å². The lowest BCUT2D eigenvalue weighted by molar-refractivity contribution is 0.101. The number of para-hydroxylation sites is 2. The number of thiocarbonyl (C=S) groups is 1. The smallest absolute Gasteiger partial charge is 0.291 e. The molecular weight excluding hydrogens is 334 g/mol. The lowest BCUT2D eigenvalue weighted by Crippen LogP contribution is -2.29. The van der Waals surface area contributed by atoms with Gasteiger partial charge in [-0.1, -0.05) is 38.3 Å². The normalized spacial score (nSPS) is 10.3. The first-order valence-electron chi connectivity index (χ1n) is 8.54. The SMILES string of the molecule is CCCCCCNC(=S)Nc1ccccc1NC(=O)c1nccn1C. The number of benzene rings is 1. The van der Waals surface area contributed by atoms with Gasteiger partial charge in [0.05, 0.1) is 11.4 Å². The molecule has 0 saturated carbocycles. The maximum atomic E-state index is 12.3. The van der Waals surface area contributed by atoms with Crippen molar-refractivity contribution >= 4 is 34.6 Å². The van der Waals surface area contributed by atoms with Crippen molar-refractivity contribution in [1.29, 1.82) is 0 Å². The summed E-state index contributed by atoms with van der Waals surface area (Å²) in [4.78, 5) is 16.4. The lowest BCUT2D eigenvalue weighted by Gasteiger charge is -2.14. The molecule has 0 aliphatic rings. The minimum atomic E-state index is -0.264. The Morgan fingerprint density at radius 3 is 2.52 bits per heavy atom. The molecule has 1 amide bonds. The van der Waals surface area contributed by atoms with Crippen molar-refractivity contribution in [3.63, 3.8) is 0 Å². The molecule has 0 aliphatic heterocycles. The Hall–Kier alpha value is -2.41. The Morgan fingerprint density at radius 1 is 1.16 bits per heavy atom. The van der Waals surface area contributed by atoms with Crippen LogP contribution in [0.25, 0.3) is 0 Å². The van der Waals surface area contributed by atoms with Crippen molar-refractivity contribution in [3.8, 4) is 0 Å². The maximum Gasteiger partial charge on any atom is 0.291 e. The number of carbonyl (C=O) groups excluding carboxylic acids is 1. The van der Waals surface area contributed by atoms with Gasteiger partial charge in [0, 0.05) is 26.0 Å². The summed E-state index contributed by atoms with van der Waals surface area (Å²) in [5.41, 5.74) is 1.40. The summed E-state index contributed by atoms with van der Waals surface area (Å²) in [6.07, 6.45) is 8.07. The Bertz CT molecular complexity index is 713. The molecule has 6 nitrogen and oxygen atoms in total. The first-order valence-corrected chi connectivity index (χ1v) is 8.95. The van der Waals surface area contributed by atoms with Crippen LogP contribution in [0.15, 0.2) is 36.7 Å². The third-order valence-electron chi connectivity index (χ3n) is 3.76. The van der Waals surface area contributed by atoms with Gasteiger partial charge in [0.1, 0.15) is 0 Å². The van der Waals surface area contributed by atoms with E-state index in [2.05, 4.69) is 27.9 Å². The number of aryl methyl sites for hydroxylation is 1. The van der Waals surface area contributed by atoms with Gasteiger partial charge in [0.2, 0.25) is 0 Å². The molecule has 2 aromatic rings. The second-order valence-corrected chi connectivity index (χ2v) is 6.21. The fourth-order valence-electron chi connectivity index (χ4n) is 2.38. The monoisotopic (exact) mass is 359 g/mol. The Morgan fingerprint density at radius 2 is 1.88 bits per heavy atom. The molecule has 1 heterocycles. The summed E-state index contributed by atoms with van der Waals surface area (Å²) < 4.78 is 1.67. The van der Waals surface area contributed by atoms with E-state index >= 15 is 0 Å². The van der Waals surface area contributed by atoms with E-state index in [9.17, 15) is 4.79 Å². The minimum absolute atomic E-state index is 0.264. The molecule has 1 aromatic carbocycles. The second-order valence-electron chi connectivity index (χ2n) is 5.80. The average molecular weight is 359 g/mol. The highest BCUT2D eigenvalue weighted by Gasteiger charge is 2.13. The number of nitrogens with zero attached hydrogens (tertiary/aromatic N) is 2. The number of imidazole rings is 1. The Labute approximate surface area is 154 Å². The Kier molecular flexibility index (Phi) is 7.40. The largest absolute Gasteiger partial charge is 0.362 e. The van der Waals surface area contributed by atoms with Crippen LogP contribution in [0.3, 0.4) is 0 Å². The summed E-state index contributed by atoms with van der Waals surface area (Å²) in [6.45, 7) is 3.03. The number of aromatic nitrogens is 2. The first-order chi connectivity index (χ1) is 12.1. The standard InChI is InChI=1S/C18H25N5OS/c1-3-4-5-8-11-20-18(25)22-15-10-7-6-9-14(15)21-17(24)16-19-12-13-23(16)2/h6-7,9-10,12-13H,3-5,8,11H2,1-2H3,(H,21,24)(H2,20,22,25). The molecule has 0 saturated heterocycles. The van der Waals surface area contributed by atoms with Gasteiger partial charge < -0.3 is 20.5 Å². The number of anilines is 2. The summed E-state index contributed by atoms with van der Waals surface area (Å²) >= 11 is 5.34. The van der Waals surface area contributed by atoms with Crippen LogP contribution in [0.5, 0.6) is 0 Å². The van der Waals surface area contributed by atoms with E-state index in [1.165, 1.54) is 19.3 Å². The molecule has 1 aromatic heterocycles. The van der Waals surface area contributed by atoms with E-state index in [0.717, 1.165) is 18.7 Å². The highest BCUT2D eigenvalue weighted by atomic mass is 32.1. The molecule has 0 spiro atoms.